The second-order valence-electron chi connectivity index (χ2n) is 5.15. The molecule has 0 aromatic heterocycles. The number of nitrogens with zero attached hydrogens (tertiary/aromatic N) is 1. The van der Waals surface area contributed by atoms with Gasteiger partial charge in [-0.3, -0.25) is 4.79 Å². The van der Waals surface area contributed by atoms with Crippen LogP contribution < -0.4 is 5.32 Å². The Morgan fingerprint density at radius 2 is 2.33 bits per heavy atom. The zero-order valence-electron chi connectivity index (χ0n) is 11.9. The van der Waals surface area contributed by atoms with Crippen LogP contribution >= 0.6 is 0 Å². The first-order valence-electron chi connectivity index (χ1n) is 7.25. The molecule has 4 heteroatoms. The number of rotatable bonds is 8. The molecule has 1 unspecified atom stereocenters. The van der Waals surface area contributed by atoms with E-state index in [2.05, 4.69) is 12.2 Å². The topological polar surface area (TPSA) is 41.6 Å². The second kappa shape index (κ2) is 9.34. The number of nitrogens with one attached hydrogen (secondary N) is 1. The summed E-state index contributed by atoms with van der Waals surface area (Å²) in [6.45, 7) is 6.82. The molecular weight excluding hydrogens is 228 g/mol. The summed E-state index contributed by atoms with van der Waals surface area (Å²) in [5, 5.41) is 3.42. The Morgan fingerprint density at radius 1 is 1.50 bits per heavy atom. The van der Waals surface area contributed by atoms with Gasteiger partial charge in [0, 0.05) is 33.2 Å². The molecule has 1 heterocycles. The van der Waals surface area contributed by atoms with E-state index in [1.165, 1.54) is 12.8 Å². The van der Waals surface area contributed by atoms with Gasteiger partial charge >= 0.3 is 0 Å². The lowest BCUT2D eigenvalue weighted by atomic mass is 9.99. The highest BCUT2D eigenvalue weighted by molar-refractivity contribution is 5.76. The average Bonchev–Trinajstić information content (AvgIpc) is 2.39. The van der Waals surface area contributed by atoms with Crippen molar-refractivity contribution in [2.75, 3.05) is 39.9 Å². The van der Waals surface area contributed by atoms with Gasteiger partial charge in [0.15, 0.2) is 0 Å². The fraction of sp³-hybridized carbons (Fsp3) is 0.929. The third-order valence-electron chi connectivity index (χ3n) is 3.46. The van der Waals surface area contributed by atoms with E-state index in [1.54, 1.807) is 7.11 Å². The third-order valence-corrected chi connectivity index (χ3v) is 3.46. The summed E-state index contributed by atoms with van der Waals surface area (Å²) in [6, 6.07) is 0. The van der Waals surface area contributed by atoms with Gasteiger partial charge in [0.1, 0.15) is 0 Å². The van der Waals surface area contributed by atoms with Crippen LogP contribution in [0, 0.1) is 5.92 Å². The predicted octanol–water partition coefficient (Wildman–Crippen LogP) is 1.65. The molecule has 1 aliphatic rings. The van der Waals surface area contributed by atoms with Gasteiger partial charge in [0.2, 0.25) is 5.91 Å². The van der Waals surface area contributed by atoms with E-state index in [9.17, 15) is 4.79 Å². The Bertz CT molecular complexity index is 228. The molecule has 0 radical (unpaired) electrons. The molecule has 1 fully saturated rings. The number of methoxy groups -OCH3 is 1. The molecule has 4 nitrogen and oxygen atoms in total. The maximum absolute atomic E-state index is 12.1. The quantitative estimate of drug-likeness (QED) is 0.671. The molecule has 1 N–H and O–H groups in total. The second-order valence-corrected chi connectivity index (χ2v) is 5.15. The van der Waals surface area contributed by atoms with Gasteiger partial charge in [0.05, 0.1) is 0 Å². The highest BCUT2D eigenvalue weighted by atomic mass is 16.5. The van der Waals surface area contributed by atoms with Crippen LogP contribution in [0.25, 0.3) is 0 Å². The summed E-state index contributed by atoms with van der Waals surface area (Å²) in [4.78, 5) is 14.2. The fourth-order valence-electron chi connectivity index (χ4n) is 2.51. The average molecular weight is 256 g/mol. The Kier molecular flexibility index (Phi) is 8.01. The molecular formula is C14H28N2O2. The van der Waals surface area contributed by atoms with Crippen molar-refractivity contribution >= 4 is 5.91 Å². The largest absolute Gasteiger partial charge is 0.385 e. The number of carbonyl (C=O) groups is 1. The number of amides is 1. The van der Waals surface area contributed by atoms with E-state index < -0.39 is 0 Å². The minimum absolute atomic E-state index is 0.291. The van der Waals surface area contributed by atoms with Crippen molar-refractivity contribution in [3.63, 3.8) is 0 Å². The molecule has 1 aliphatic heterocycles. The number of hydrogen-bond acceptors (Lipinski definition) is 3. The van der Waals surface area contributed by atoms with E-state index in [-0.39, 0.29) is 0 Å². The van der Waals surface area contributed by atoms with Gasteiger partial charge in [-0.05, 0) is 44.7 Å². The summed E-state index contributed by atoms with van der Waals surface area (Å²) in [5.41, 5.74) is 0. The Balaban J connectivity index is 2.34. The van der Waals surface area contributed by atoms with Crippen molar-refractivity contribution in [1.82, 2.24) is 10.2 Å². The molecule has 1 amide bonds. The Hall–Kier alpha value is -0.610. The zero-order chi connectivity index (χ0) is 13.2. The van der Waals surface area contributed by atoms with E-state index in [4.69, 9.17) is 4.74 Å². The monoisotopic (exact) mass is 256 g/mol. The van der Waals surface area contributed by atoms with Crippen molar-refractivity contribution in [2.45, 2.75) is 39.0 Å². The SMILES string of the molecule is CCCN(CC1CCCNC1)C(=O)CCCOC. The maximum Gasteiger partial charge on any atom is 0.222 e. The number of hydrogen-bond donors (Lipinski definition) is 1. The first-order chi connectivity index (χ1) is 8.77. The van der Waals surface area contributed by atoms with Crippen LogP contribution in [-0.2, 0) is 9.53 Å². The van der Waals surface area contributed by atoms with Crippen LogP contribution in [0.4, 0.5) is 0 Å². The van der Waals surface area contributed by atoms with Crippen LogP contribution in [0.1, 0.15) is 39.0 Å². The molecule has 1 saturated heterocycles. The van der Waals surface area contributed by atoms with Gasteiger partial charge in [0.25, 0.3) is 0 Å². The minimum atomic E-state index is 0.291. The van der Waals surface area contributed by atoms with Crippen LogP contribution in [0.5, 0.6) is 0 Å². The fourth-order valence-corrected chi connectivity index (χ4v) is 2.51. The Morgan fingerprint density at radius 3 is 2.94 bits per heavy atom. The van der Waals surface area contributed by atoms with Crippen LogP contribution in [0.3, 0.4) is 0 Å². The smallest absolute Gasteiger partial charge is 0.222 e. The van der Waals surface area contributed by atoms with E-state index in [0.717, 1.165) is 39.0 Å². The standard InChI is InChI=1S/C14H28N2O2/c1-3-9-16(14(17)7-5-10-18-2)12-13-6-4-8-15-11-13/h13,15H,3-12H2,1-2H3. The number of piperidine rings is 1. The molecule has 18 heavy (non-hydrogen) atoms. The predicted molar refractivity (Wildman–Crippen MR) is 73.6 cm³/mol. The summed E-state index contributed by atoms with van der Waals surface area (Å²) >= 11 is 0. The van der Waals surface area contributed by atoms with Crippen molar-refractivity contribution in [3.05, 3.63) is 0 Å². The lowest BCUT2D eigenvalue weighted by Gasteiger charge is -2.30. The van der Waals surface area contributed by atoms with Crippen molar-refractivity contribution in [3.8, 4) is 0 Å². The van der Waals surface area contributed by atoms with Gasteiger partial charge in [-0.2, -0.15) is 0 Å². The Labute approximate surface area is 111 Å². The van der Waals surface area contributed by atoms with Gasteiger partial charge in [-0.1, -0.05) is 6.92 Å². The molecule has 0 aromatic rings. The minimum Gasteiger partial charge on any atom is -0.385 e. The van der Waals surface area contributed by atoms with E-state index in [1.807, 2.05) is 4.90 Å². The molecule has 0 aromatic carbocycles. The van der Waals surface area contributed by atoms with Crippen molar-refractivity contribution in [1.29, 1.82) is 0 Å². The van der Waals surface area contributed by atoms with Gasteiger partial charge < -0.3 is 15.0 Å². The highest BCUT2D eigenvalue weighted by Crippen LogP contribution is 2.13. The highest BCUT2D eigenvalue weighted by Gasteiger charge is 2.19. The van der Waals surface area contributed by atoms with Gasteiger partial charge in [-0.25, -0.2) is 0 Å². The molecule has 0 spiro atoms. The molecule has 106 valence electrons. The molecule has 1 atom stereocenters. The first-order valence-corrected chi connectivity index (χ1v) is 7.25. The lowest BCUT2D eigenvalue weighted by molar-refractivity contribution is -0.132. The van der Waals surface area contributed by atoms with Crippen molar-refractivity contribution in [2.24, 2.45) is 5.92 Å². The van der Waals surface area contributed by atoms with Crippen LogP contribution in [0.15, 0.2) is 0 Å². The van der Waals surface area contributed by atoms with Crippen LogP contribution in [0.2, 0.25) is 0 Å². The summed E-state index contributed by atoms with van der Waals surface area (Å²) in [5.74, 6) is 0.927. The van der Waals surface area contributed by atoms with Crippen molar-refractivity contribution < 1.29 is 9.53 Å². The third kappa shape index (κ3) is 5.83. The molecule has 0 aliphatic carbocycles. The van der Waals surface area contributed by atoms with E-state index in [0.29, 0.717) is 24.9 Å². The first kappa shape index (κ1) is 15.4. The maximum atomic E-state index is 12.1. The zero-order valence-corrected chi connectivity index (χ0v) is 11.9. The van der Waals surface area contributed by atoms with Gasteiger partial charge in [-0.15, -0.1) is 0 Å². The van der Waals surface area contributed by atoms with E-state index >= 15 is 0 Å². The normalized spacial score (nSPS) is 19.8. The number of carbonyl (C=O) groups excluding carboxylic acids is 1. The summed E-state index contributed by atoms with van der Waals surface area (Å²) in [6.07, 6.45) is 4.98. The molecule has 0 bridgehead atoms. The lowest BCUT2D eigenvalue weighted by Crippen LogP contribution is -2.41. The summed E-state index contributed by atoms with van der Waals surface area (Å²) < 4.78 is 5.00. The number of ether oxygens (including phenoxy) is 1. The van der Waals surface area contributed by atoms with Crippen LogP contribution in [-0.4, -0.2) is 50.7 Å². The molecule has 1 rings (SSSR count). The molecule has 0 saturated carbocycles. The summed E-state index contributed by atoms with van der Waals surface area (Å²) in [7, 11) is 1.68.